The summed E-state index contributed by atoms with van der Waals surface area (Å²) in [5.74, 6) is 5.06. The Morgan fingerprint density at radius 1 is 1.32 bits per heavy atom. The zero-order valence-electron chi connectivity index (χ0n) is 12.9. The molecule has 2 saturated heterocycles. The van der Waals surface area contributed by atoms with Crippen LogP contribution in [0.25, 0.3) is 0 Å². The number of rotatable bonds is 5. The van der Waals surface area contributed by atoms with Crippen molar-refractivity contribution in [3.8, 4) is 0 Å². The molecule has 19 heavy (non-hydrogen) atoms. The normalized spacial score (nSPS) is 30.2. The fourth-order valence-corrected chi connectivity index (χ4v) is 4.87. The van der Waals surface area contributed by atoms with Crippen LogP contribution in [0.5, 0.6) is 0 Å². The minimum Gasteiger partial charge on any atom is -0.375 e. The molecule has 0 bridgehead atoms. The molecule has 3 heteroatoms. The van der Waals surface area contributed by atoms with Crippen molar-refractivity contribution in [3.63, 3.8) is 0 Å². The van der Waals surface area contributed by atoms with Crippen LogP contribution in [0.15, 0.2) is 0 Å². The Balaban J connectivity index is 1.88. The summed E-state index contributed by atoms with van der Waals surface area (Å²) in [5.41, 5.74) is 0.250. The summed E-state index contributed by atoms with van der Waals surface area (Å²) in [6.45, 7) is 10.3. The summed E-state index contributed by atoms with van der Waals surface area (Å²) in [6, 6.07) is 0. The molecule has 2 aliphatic rings. The SMILES string of the molecule is CCNCC(C)C(C)C1CCOC2(CCSCC2)C1. The summed E-state index contributed by atoms with van der Waals surface area (Å²) in [4.78, 5) is 0. The molecule has 112 valence electrons. The van der Waals surface area contributed by atoms with E-state index >= 15 is 0 Å². The van der Waals surface area contributed by atoms with Gasteiger partial charge in [0.15, 0.2) is 0 Å². The van der Waals surface area contributed by atoms with Crippen molar-refractivity contribution >= 4 is 11.8 Å². The van der Waals surface area contributed by atoms with Crippen LogP contribution < -0.4 is 5.32 Å². The first-order valence-corrected chi connectivity index (χ1v) is 9.25. The van der Waals surface area contributed by atoms with Crippen LogP contribution in [-0.2, 0) is 4.74 Å². The van der Waals surface area contributed by atoms with E-state index < -0.39 is 0 Å². The average Bonchev–Trinajstić information content (AvgIpc) is 2.45. The van der Waals surface area contributed by atoms with Gasteiger partial charge in [-0.05, 0) is 68.0 Å². The van der Waals surface area contributed by atoms with Gasteiger partial charge in [-0.25, -0.2) is 0 Å². The van der Waals surface area contributed by atoms with E-state index in [0.717, 1.165) is 37.5 Å². The maximum Gasteiger partial charge on any atom is 0.0701 e. The first-order valence-electron chi connectivity index (χ1n) is 8.09. The fraction of sp³-hybridized carbons (Fsp3) is 1.00. The minimum atomic E-state index is 0.250. The molecule has 3 atom stereocenters. The predicted octanol–water partition coefficient (Wildman–Crippen LogP) is 3.56. The number of thioether (sulfide) groups is 1. The second-order valence-corrected chi connectivity index (χ2v) is 7.77. The zero-order chi connectivity index (χ0) is 13.7. The first-order chi connectivity index (χ1) is 9.17. The Hall–Kier alpha value is 0.270. The average molecular weight is 285 g/mol. The number of hydrogen-bond donors (Lipinski definition) is 1. The summed E-state index contributed by atoms with van der Waals surface area (Å²) < 4.78 is 6.22. The maximum absolute atomic E-state index is 6.22. The number of hydrogen-bond acceptors (Lipinski definition) is 3. The van der Waals surface area contributed by atoms with Crippen LogP contribution in [0.2, 0.25) is 0 Å². The van der Waals surface area contributed by atoms with Crippen molar-refractivity contribution in [2.45, 2.75) is 52.1 Å². The lowest BCUT2D eigenvalue weighted by atomic mass is 9.73. The third-order valence-corrected chi connectivity index (χ3v) is 6.28. The highest BCUT2D eigenvalue weighted by atomic mass is 32.2. The first kappa shape index (κ1) is 15.7. The molecule has 3 unspecified atom stereocenters. The highest BCUT2D eigenvalue weighted by Crippen LogP contribution is 2.43. The van der Waals surface area contributed by atoms with E-state index in [0.29, 0.717) is 0 Å². The Morgan fingerprint density at radius 3 is 2.74 bits per heavy atom. The molecular weight excluding hydrogens is 254 g/mol. The molecule has 0 saturated carbocycles. The van der Waals surface area contributed by atoms with Gasteiger partial charge in [0.25, 0.3) is 0 Å². The summed E-state index contributed by atoms with van der Waals surface area (Å²) in [6.07, 6.45) is 5.14. The molecule has 1 spiro atoms. The van der Waals surface area contributed by atoms with Crippen LogP contribution in [0.4, 0.5) is 0 Å². The van der Waals surface area contributed by atoms with E-state index in [9.17, 15) is 0 Å². The van der Waals surface area contributed by atoms with E-state index in [2.05, 4.69) is 37.8 Å². The van der Waals surface area contributed by atoms with Crippen molar-refractivity contribution < 1.29 is 4.74 Å². The summed E-state index contributed by atoms with van der Waals surface area (Å²) >= 11 is 2.10. The maximum atomic E-state index is 6.22. The molecule has 0 radical (unpaired) electrons. The van der Waals surface area contributed by atoms with Crippen LogP contribution in [0.1, 0.15) is 46.5 Å². The van der Waals surface area contributed by atoms with Crippen LogP contribution in [0.3, 0.4) is 0 Å². The van der Waals surface area contributed by atoms with E-state index in [4.69, 9.17) is 4.74 Å². The lowest BCUT2D eigenvalue weighted by molar-refractivity contribution is -0.112. The molecule has 2 fully saturated rings. The second kappa shape index (κ2) is 7.33. The van der Waals surface area contributed by atoms with E-state index in [1.807, 2.05) is 0 Å². The van der Waals surface area contributed by atoms with E-state index in [1.165, 1.54) is 37.2 Å². The molecule has 0 amide bonds. The van der Waals surface area contributed by atoms with Gasteiger partial charge in [0.2, 0.25) is 0 Å². The van der Waals surface area contributed by atoms with Gasteiger partial charge in [-0.2, -0.15) is 11.8 Å². The van der Waals surface area contributed by atoms with E-state index in [-0.39, 0.29) is 5.60 Å². The van der Waals surface area contributed by atoms with Gasteiger partial charge in [-0.1, -0.05) is 20.8 Å². The van der Waals surface area contributed by atoms with Crippen molar-refractivity contribution in [1.29, 1.82) is 0 Å². The molecule has 2 rings (SSSR count). The van der Waals surface area contributed by atoms with Crippen LogP contribution in [0, 0.1) is 17.8 Å². The van der Waals surface area contributed by atoms with Crippen LogP contribution in [-0.4, -0.2) is 36.8 Å². The smallest absolute Gasteiger partial charge is 0.0701 e. The third-order valence-electron chi connectivity index (χ3n) is 5.29. The molecule has 2 aliphatic heterocycles. The molecular formula is C16H31NOS. The van der Waals surface area contributed by atoms with Gasteiger partial charge >= 0.3 is 0 Å². The van der Waals surface area contributed by atoms with E-state index in [1.54, 1.807) is 0 Å². The molecule has 0 aromatic rings. The Bertz CT molecular complexity index is 260. The Morgan fingerprint density at radius 2 is 2.05 bits per heavy atom. The Labute approximate surface area is 123 Å². The minimum absolute atomic E-state index is 0.250. The molecule has 0 aliphatic carbocycles. The van der Waals surface area contributed by atoms with Crippen molar-refractivity contribution in [2.24, 2.45) is 17.8 Å². The molecule has 1 N–H and O–H groups in total. The molecule has 0 aromatic carbocycles. The number of ether oxygens (including phenoxy) is 1. The highest BCUT2D eigenvalue weighted by molar-refractivity contribution is 7.99. The van der Waals surface area contributed by atoms with Gasteiger partial charge in [-0.3, -0.25) is 0 Å². The second-order valence-electron chi connectivity index (χ2n) is 6.54. The topological polar surface area (TPSA) is 21.3 Å². The van der Waals surface area contributed by atoms with Crippen molar-refractivity contribution in [3.05, 3.63) is 0 Å². The van der Waals surface area contributed by atoms with Gasteiger partial charge in [0.05, 0.1) is 5.60 Å². The fourth-order valence-electron chi connectivity index (χ4n) is 3.63. The van der Waals surface area contributed by atoms with Crippen molar-refractivity contribution in [2.75, 3.05) is 31.2 Å². The third kappa shape index (κ3) is 4.12. The summed E-state index contributed by atoms with van der Waals surface area (Å²) in [5, 5.41) is 3.50. The van der Waals surface area contributed by atoms with Crippen molar-refractivity contribution in [1.82, 2.24) is 5.32 Å². The lowest BCUT2D eigenvalue weighted by Gasteiger charge is -2.45. The standard InChI is InChI=1S/C16H31NOS/c1-4-17-12-13(2)14(3)15-5-8-18-16(11-15)6-9-19-10-7-16/h13-15,17H,4-12H2,1-3H3. The lowest BCUT2D eigenvalue weighted by Crippen LogP contribution is -2.45. The molecule has 0 aromatic heterocycles. The van der Waals surface area contributed by atoms with Crippen LogP contribution >= 0.6 is 11.8 Å². The quantitative estimate of drug-likeness (QED) is 0.834. The number of nitrogens with one attached hydrogen (secondary N) is 1. The van der Waals surface area contributed by atoms with Gasteiger partial charge in [0, 0.05) is 6.61 Å². The monoisotopic (exact) mass is 285 g/mol. The van der Waals surface area contributed by atoms with Gasteiger partial charge < -0.3 is 10.1 Å². The summed E-state index contributed by atoms with van der Waals surface area (Å²) in [7, 11) is 0. The highest BCUT2D eigenvalue weighted by Gasteiger charge is 2.40. The zero-order valence-corrected chi connectivity index (χ0v) is 13.7. The molecule has 2 heterocycles. The Kier molecular flexibility index (Phi) is 6.04. The van der Waals surface area contributed by atoms with Gasteiger partial charge in [0.1, 0.15) is 0 Å². The van der Waals surface area contributed by atoms with Gasteiger partial charge in [-0.15, -0.1) is 0 Å². The molecule has 2 nitrogen and oxygen atoms in total. The largest absolute Gasteiger partial charge is 0.375 e. The predicted molar refractivity (Wildman–Crippen MR) is 84.8 cm³/mol.